The summed E-state index contributed by atoms with van der Waals surface area (Å²) in [7, 11) is 4.25. The number of benzene rings is 1. The van der Waals surface area contributed by atoms with Crippen LogP contribution in [0.2, 0.25) is 0 Å². The van der Waals surface area contributed by atoms with E-state index in [4.69, 9.17) is 34.2 Å². The fraction of sp³-hybridized carbons (Fsp3) is 0.409. The van der Waals surface area contributed by atoms with Crippen LogP contribution in [-0.2, 0) is 18.9 Å². The van der Waals surface area contributed by atoms with E-state index in [1.807, 2.05) is 6.07 Å². The summed E-state index contributed by atoms with van der Waals surface area (Å²) in [5, 5.41) is 9.43. The Labute approximate surface area is 191 Å². The van der Waals surface area contributed by atoms with E-state index in [1.54, 1.807) is 6.92 Å². The number of methoxy groups -OCH3 is 3. The van der Waals surface area contributed by atoms with Crippen molar-refractivity contribution in [3.8, 4) is 23.3 Å². The molecule has 1 aromatic heterocycles. The maximum atomic E-state index is 12.8. The number of anilines is 1. The van der Waals surface area contributed by atoms with Gasteiger partial charge in [0.05, 0.1) is 49.4 Å². The minimum Gasteiger partial charge on any atom is -0.487 e. The molecule has 0 saturated heterocycles. The molecule has 11 nitrogen and oxygen atoms in total. The average Bonchev–Trinajstić information content (AvgIpc) is 3.15. The lowest BCUT2D eigenvalue weighted by Crippen LogP contribution is -2.16. The number of ether oxygens (including phenoxy) is 6. The van der Waals surface area contributed by atoms with Crippen LogP contribution in [0.15, 0.2) is 18.3 Å². The van der Waals surface area contributed by atoms with Crippen LogP contribution in [-0.4, -0.2) is 70.9 Å². The molecule has 11 heteroatoms. The molecular formula is C22H27N3O8. The molecule has 0 aliphatic rings. The number of nitriles is 1. The third kappa shape index (κ3) is 5.94. The number of carbonyl (C=O) groups excluding carboxylic acids is 2. The normalized spacial score (nSPS) is 10.4. The zero-order valence-electron chi connectivity index (χ0n) is 19.0. The van der Waals surface area contributed by atoms with Gasteiger partial charge < -0.3 is 38.7 Å². The van der Waals surface area contributed by atoms with Gasteiger partial charge in [-0.3, -0.25) is 0 Å². The highest BCUT2D eigenvalue weighted by molar-refractivity contribution is 5.99. The Bertz CT molecular complexity index is 1030. The molecule has 2 rings (SSSR count). The molecule has 0 bridgehead atoms. The second-order valence-electron chi connectivity index (χ2n) is 6.50. The molecule has 178 valence electrons. The van der Waals surface area contributed by atoms with E-state index >= 15 is 0 Å². The Balaban J connectivity index is 2.76. The quantitative estimate of drug-likeness (QED) is 0.368. The van der Waals surface area contributed by atoms with Gasteiger partial charge in [-0.25, -0.2) is 9.59 Å². The van der Waals surface area contributed by atoms with Crippen LogP contribution >= 0.6 is 0 Å². The molecule has 2 N–H and O–H groups in total. The molecule has 2 aromatic rings. The van der Waals surface area contributed by atoms with E-state index in [9.17, 15) is 14.9 Å². The van der Waals surface area contributed by atoms with Gasteiger partial charge in [-0.1, -0.05) is 0 Å². The zero-order valence-corrected chi connectivity index (χ0v) is 19.0. The number of nitrogens with zero attached hydrogens (tertiary/aromatic N) is 2. The Morgan fingerprint density at radius 2 is 1.61 bits per heavy atom. The van der Waals surface area contributed by atoms with Gasteiger partial charge in [0.1, 0.15) is 19.3 Å². The molecule has 0 amide bonds. The van der Waals surface area contributed by atoms with Crippen molar-refractivity contribution in [1.29, 1.82) is 5.26 Å². The smallest absolute Gasteiger partial charge is 0.357 e. The summed E-state index contributed by atoms with van der Waals surface area (Å²) in [6.07, 6.45) is 1.34. The molecule has 33 heavy (non-hydrogen) atoms. The maximum Gasteiger partial charge on any atom is 0.357 e. The summed E-state index contributed by atoms with van der Waals surface area (Å²) in [4.78, 5) is 25.3. The van der Waals surface area contributed by atoms with Crippen molar-refractivity contribution in [2.45, 2.75) is 6.92 Å². The molecule has 0 fully saturated rings. The van der Waals surface area contributed by atoms with Crippen molar-refractivity contribution < 1.29 is 38.0 Å². The summed E-state index contributed by atoms with van der Waals surface area (Å²) in [5.74, 6) is -0.928. The fourth-order valence-electron chi connectivity index (χ4n) is 2.92. The molecule has 0 saturated carbocycles. The average molecular weight is 461 g/mol. The van der Waals surface area contributed by atoms with Gasteiger partial charge in [0.25, 0.3) is 0 Å². The third-order valence-electron chi connectivity index (χ3n) is 4.45. The van der Waals surface area contributed by atoms with Crippen LogP contribution in [0.1, 0.15) is 33.3 Å². The van der Waals surface area contributed by atoms with Gasteiger partial charge >= 0.3 is 11.9 Å². The van der Waals surface area contributed by atoms with Gasteiger partial charge in [0, 0.05) is 32.5 Å². The van der Waals surface area contributed by atoms with Crippen LogP contribution in [0.3, 0.4) is 0 Å². The van der Waals surface area contributed by atoms with Crippen molar-refractivity contribution in [2.24, 2.45) is 0 Å². The van der Waals surface area contributed by atoms with E-state index in [0.717, 1.165) is 0 Å². The first-order chi connectivity index (χ1) is 15.9. The summed E-state index contributed by atoms with van der Waals surface area (Å²) < 4.78 is 32.9. The molecule has 1 aromatic carbocycles. The molecule has 0 aliphatic carbocycles. The number of nitrogen functional groups attached to an aromatic ring is 1. The highest BCUT2D eigenvalue weighted by Crippen LogP contribution is 2.36. The number of hydrogen-bond acceptors (Lipinski definition) is 10. The van der Waals surface area contributed by atoms with Crippen LogP contribution in [0.25, 0.3) is 5.69 Å². The minimum absolute atomic E-state index is 0.0347. The lowest BCUT2D eigenvalue weighted by Gasteiger charge is -2.18. The van der Waals surface area contributed by atoms with Crippen LogP contribution < -0.4 is 15.2 Å². The number of nitrogens with two attached hydrogens (primary N) is 1. The first-order valence-electron chi connectivity index (χ1n) is 10.0. The molecule has 0 aliphatic heterocycles. The molecule has 1 heterocycles. The number of carbonyl (C=O) groups is 2. The lowest BCUT2D eigenvalue weighted by atomic mass is 10.1. The van der Waals surface area contributed by atoms with E-state index in [2.05, 4.69) is 0 Å². The second-order valence-corrected chi connectivity index (χ2v) is 6.50. The van der Waals surface area contributed by atoms with E-state index in [0.29, 0.717) is 13.2 Å². The third-order valence-corrected chi connectivity index (χ3v) is 4.45. The summed E-state index contributed by atoms with van der Waals surface area (Å²) in [5.41, 5.74) is 6.10. The Morgan fingerprint density at radius 1 is 1.00 bits per heavy atom. The van der Waals surface area contributed by atoms with E-state index in [-0.39, 0.29) is 59.5 Å². The van der Waals surface area contributed by atoms with Gasteiger partial charge in [-0.15, -0.1) is 0 Å². The lowest BCUT2D eigenvalue weighted by molar-refractivity contribution is 0.0522. The van der Waals surface area contributed by atoms with E-state index < -0.39 is 11.9 Å². The first kappa shape index (κ1) is 25.5. The largest absolute Gasteiger partial charge is 0.487 e. The molecule has 0 spiro atoms. The summed E-state index contributed by atoms with van der Waals surface area (Å²) >= 11 is 0. The van der Waals surface area contributed by atoms with Crippen molar-refractivity contribution in [3.63, 3.8) is 0 Å². The number of hydrogen-bond donors (Lipinski definition) is 1. The standard InChI is InChI=1S/C22H27N3O8/c1-5-31-21(26)15-10-17(32-8-6-28-2)18(33-9-7-29-3)11-16(15)25-13-14(12-23)19(24)20(25)22(27)30-4/h10-11,13H,5-9,24H2,1-4H3. The van der Waals surface area contributed by atoms with Gasteiger partial charge in [0.15, 0.2) is 17.2 Å². The number of esters is 2. The van der Waals surface area contributed by atoms with Crippen molar-refractivity contribution in [3.05, 3.63) is 35.2 Å². The minimum atomic E-state index is -0.786. The SMILES string of the molecule is CCOC(=O)c1cc(OCCOC)c(OCCOC)cc1-n1cc(C#N)c(N)c1C(=O)OC. The first-order valence-corrected chi connectivity index (χ1v) is 10.0. The molecule has 0 unspecified atom stereocenters. The van der Waals surface area contributed by atoms with Crippen LogP contribution in [0, 0.1) is 11.3 Å². The Morgan fingerprint density at radius 3 is 2.12 bits per heavy atom. The second kappa shape index (κ2) is 12.3. The molecular weight excluding hydrogens is 434 g/mol. The topological polar surface area (TPSA) is 144 Å². The highest BCUT2D eigenvalue weighted by atomic mass is 16.6. The van der Waals surface area contributed by atoms with Gasteiger partial charge in [0.2, 0.25) is 0 Å². The Kier molecular flexibility index (Phi) is 9.53. The highest BCUT2D eigenvalue weighted by Gasteiger charge is 2.27. The van der Waals surface area contributed by atoms with Crippen LogP contribution in [0.5, 0.6) is 11.5 Å². The fourth-order valence-corrected chi connectivity index (χ4v) is 2.92. The predicted molar refractivity (Wildman–Crippen MR) is 117 cm³/mol. The van der Waals surface area contributed by atoms with Crippen LogP contribution in [0.4, 0.5) is 5.69 Å². The van der Waals surface area contributed by atoms with E-state index in [1.165, 1.54) is 44.2 Å². The number of rotatable bonds is 12. The van der Waals surface area contributed by atoms with Crippen molar-refractivity contribution in [2.75, 3.05) is 60.1 Å². The molecule has 0 radical (unpaired) electrons. The van der Waals surface area contributed by atoms with Crippen molar-refractivity contribution >= 4 is 17.6 Å². The molecule has 0 atom stereocenters. The van der Waals surface area contributed by atoms with Gasteiger partial charge in [-0.05, 0) is 6.92 Å². The van der Waals surface area contributed by atoms with Gasteiger partial charge in [-0.2, -0.15) is 5.26 Å². The Hall–Kier alpha value is -3.75. The van der Waals surface area contributed by atoms with Crippen molar-refractivity contribution in [1.82, 2.24) is 4.57 Å². The maximum absolute atomic E-state index is 12.8. The zero-order chi connectivity index (χ0) is 24.4. The summed E-state index contributed by atoms with van der Waals surface area (Å²) in [6.45, 7) is 2.77. The number of aromatic nitrogens is 1. The summed E-state index contributed by atoms with van der Waals surface area (Å²) in [6, 6.07) is 4.86. The predicted octanol–water partition coefficient (Wildman–Crippen LogP) is 1.94. The monoisotopic (exact) mass is 461 g/mol.